The Balaban J connectivity index is 1.20. The molecule has 50 heavy (non-hydrogen) atoms. The maximum Gasteiger partial charge on any atom is 0.164 e. The Bertz CT molecular complexity index is 2800. The Morgan fingerprint density at radius 1 is 0.380 bits per heavy atom. The summed E-state index contributed by atoms with van der Waals surface area (Å²) in [5.41, 5.74) is 8.74. The first-order chi connectivity index (χ1) is 24.8. The molecule has 3 aromatic heterocycles. The molecule has 0 fully saturated rings. The number of aromatic nitrogens is 4. The van der Waals surface area contributed by atoms with Crippen molar-refractivity contribution in [3.05, 3.63) is 170 Å². The highest BCUT2D eigenvalue weighted by Crippen LogP contribution is 2.44. The molecule has 0 atom stereocenters. The highest BCUT2D eigenvalue weighted by Gasteiger charge is 2.19. The Morgan fingerprint density at radius 2 is 0.960 bits per heavy atom. The van der Waals surface area contributed by atoms with E-state index in [9.17, 15) is 0 Å². The van der Waals surface area contributed by atoms with Gasteiger partial charge in [0, 0.05) is 48.6 Å². The van der Waals surface area contributed by atoms with Gasteiger partial charge in [-0.25, -0.2) is 15.0 Å². The lowest BCUT2D eigenvalue weighted by Crippen LogP contribution is -2.01. The first-order valence-corrected chi connectivity index (χ1v) is 17.5. The molecule has 5 heteroatoms. The molecule has 7 aromatic carbocycles. The standard InChI is InChI=1S/C45H28N4S/c1-4-13-29(14-5-1)32-23-26-40-38(28-32)37-25-24-36-35-21-10-11-22-39(35)49(41(36)42(37)50-40)34-20-12-19-33(27-34)45-47-43(30-15-6-2-7-16-30)46-44(48-45)31-17-8-3-9-18-31/h1-28H. The molecular weight excluding hydrogens is 629 g/mol. The van der Waals surface area contributed by atoms with Crippen LogP contribution in [0.1, 0.15) is 0 Å². The van der Waals surface area contributed by atoms with Crippen LogP contribution in [0.3, 0.4) is 0 Å². The number of hydrogen-bond donors (Lipinski definition) is 0. The molecule has 234 valence electrons. The van der Waals surface area contributed by atoms with E-state index in [0.717, 1.165) is 22.4 Å². The van der Waals surface area contributed by atoms with Crippen molar-refractivity contribution in [1.29, 1.82) is 0 Å². The maximum absolute atomic E-state index is 5.03. The lowest BCUT2D eigenvalue weighted by Gasteiger charge is -2.12. The summed E-state index contributed by atoms with van der Waals surface area (Å²) in [6.45, 7) is 0. The first kappa shape index (κ1) is 28.6. The molecule has 4 nitrogen and oxygen atoms in total. The molecule has 0 unspecified atom stereocenters. The molecule has 0 aliphatic carbocycles. The molecule has 0 saturated heterocycles. The van der Waals surface area contributed by atoms with Gasteiger partial charge < -0.3 is 4.57 Å². The quantitative estimate of drug-likeness (QED) is 0.185. The first-order valence-electron chi connectivity index (χ1n) is 16.7. The fourth-order valence-electron chi connectivity index (χ4n) is 7.08. The van der Waals surface area contributed by atoms with Crippen LogP contribution in [0.5, 0.6) is 0 Å². The summed E-state index contributed by atoms with van der Waals surface area (Å²) in [4.78, 5) is 15.0. The second kappa shape index (κ2) is 11.6. The maximum atomic E-state index is 5.03. The summed E-state index contributed by atoms with van der Waals surface area (Å²) in [7, 11) is 0. The smallest absolute Gasteiger partial charge is 0.164 e. The van der Waals surface area contributed by atoms with Crippen molar-refractivity contribution in [2.45, 2.75) is 0 Å². The van der Waals surface area contributed by atoms with Gasteiger partial charge in [0.05, 0.1) is 15.7 Å². The number of benzene rings is 7. The van der Waals surface area contributed by atoms with Crippen molar-refractivity contribution >= 4 is 53.3 Å². The molecule has 0 aliphatic rings. The Labute approximate surface area is 292 Å². The van der Waals surface area contributed by atoms with Crippen molar-refractivity contribution in [2.24, 2.45) is 0 Å². The monoisotopic (exact) mass is 656 g/mol. The van der Waals surface area contributed by atoms with Gasteiger partial charge in [-0.3, -0.25) is 0 Å². The van der Waals surface area contributed by atoms with Gasteiger partial charge in [-0.05, 0) is 41.5 Å². The van der Waals surface area contributed by atoms with Gasteiger partial charge in [-0.1, -0.05) is 140 Å². The van der Waals surface area contributed by atoms with Gasteiger partial charge >= 0.3 is 0 Å². The lowest BCUT2D eigenvalue weighted by atomic mass is 10.0. The summed E-state index contributed by atoms with van der Waals surface area (Å²) < 4.78 is 4.98. The topological polar surface area (TPSA) is 43.6 Å². The molecular formula is C45H28N4S. The van der Waals surface area contributed by atoms with Crippen LogP contribution >= 0.6 is 11.3 Å². The third-order valence-corrected chi connectivity index (χ3v) is 10.6. The summed E-state index contributed by atoms with van der Waals surface area (Å²) >= 11 is 1.87. The van der Waals surface area contributed by atoms with Gasteiger partial charge in [-0.15, -0.1) is 11.3 Å². The van der Waals surface area contributed by atoms with E-state index in [2.05, 4.69) is 114 Å². The number of fused-ring (bicyclic) bond motifs is 7. The molecule has 0 spiro atoms. The van der Waals surface area contributed by atoms with Gasteiger partial charge in [0.15, 0.2) is 17.5 Å². The van der Waals surface area contributed by atoms with Crippen LogP contribution in [0.4, 0.5) is 0 Å². The van der Waals surface area contributed by atoms with Gasteiger partial charge in [0.1, 0.15) is 0 Å². The van der Waals surface area contributed by atoms with E-state index in [-0.39, 0.29) is 0 Å². The van der Waals surface area contributed by atoms with E-state index in [1.807, 2.05) is 72.0 Å². The zero-order valence-corrected chi connectivity index (χ0v) is 27.7. The summed E-state index contributed by atoms with van der Waals surface area (Å²) in [5, 5.41) is 5.03. The van der Waals surface area contributed by atoms with Crippen molar-refractivity contribution in [2.75, 3.05) is 0 Å². The number of para-hydroxylation sites is 1. The largest absolute Gasteiger partial charge is 0.308 e. The van der Waals surface area contributed by atoms with Gasteiger partial charge in [0.2, 0.25) is 0 Å². The number of nitrogens with zero attached hydrogens (tertiary/aromatic N) is 4. The Morgan fingerprint density at radius 3 is 1.66 bits per heavy atom. The molecule has 0 N–H and O–H groups in total. The predicted molar refractivity (Wildman–Crippen MR) is 209 cm³/mol. The molecule has 10 aromatic rings. The van der Waals surface area contributed by atoms with E-state index in [1.54, 1.807) is 0 Å². The highest BCUT2D eigenvalue weighted by molar-refractivity contribution is 7.26. The van der Waals surface area contributed by atoms with Crippen LogP contribution in [0.25, 0.3) is 93.0 Å². The minimum absolute atomic E-state index is 0.640. The zero-order chi connectivity index (χ0) is 33.0. The van der Waals surface area contributed by atoms with E-state index in [4.69, 9.17) is 15.0 Å². The fraction of sp³-hybridized carbons (Fsp3) is 0. The number of rotatable bonds is 5. The average Bonchev–Trinajstić information content (AvgIpc) is 3.74. The van der Waals surface area contributed by atoms with Crippen molar-refractivity contribution in [3.8, 4) is 51.0 Å². The second-order valence-electron chi connectivity index (χ2n) is 12.5. The molecule has 0 amide bonds. The van der Waals surface area contributed by atoms with Crippen LogP contribution in [-0.4, -0.2) is 19.5 Å². The van der Waals surface area contributed by atoms with E-state index >= 15 is 0 Å². The van der Waals surface area contributed by atoms with E-state index in [1.165, 1.54) is 53.1 Å². The van der Waals surface area contributed by atoms with E-state index < -0.39 is 0 Å². The minimum atomic E-state index is 0.640. The highest BCUT2D eigenvalue weighted by atomic mass is 32.1. The Hall–Kier alpha value is -6.43. The summed E-state index contributed by atoms with van der Waals surface area (Å²) in [6, 6.07) is 59.6. The molecule has 10 rings (SSSR count). The van der Waals surface area contributed by atoms with Crippen LogP contribution < -0.4 is 0 Å². The zero-order valence-electron chi connectivity index (χ0n) is 26.9. The van der Waals surface area contributed by atoms with Crippen LogP contribution in [0, 0.1) is 0 Å². The molecule has 0 radical (unpaired) electrons. The second-order valence-corrected chi connectivity index (χ2v) is 13.5. The normalized spacial score (nSPS) is 11.6. The van der Waals surface area contributed by atoms with Crippen molar-refractivity contribution in [3.63, 3.8) is 0 Å². The van der Waals surface area contributed by atoms with Crippen LogP contribution in [0.15, 0.2) is 170 Å². The third-order valence-electron chi connectivity index (χ3n) is 9.44. The SMILES string of the molecule is c1ccc(-c2ccc3sc4c(ccc5c6ccccc6n(-c6cccc(-c7nc(-c8ccccc8)nc(-c8ccccc8)n7)c6)c54)c3c2)cc1. The van der Waals surface area contributed by atoms with E-state index in [0.29, 0.717) is 17.5 Å². The average molecular weight is 657 g/mol. The van der Waals surface area contributed by atoms with Crippen LogP contribution in [-0.2, 0) is 0 Å². The molecule has 0 saturated carbocycles. The minimum Gasteiger partial charge on any atom is -0.308 e. The lowest BCUT2D eigenvalue weighted by molar-refractivity contribution is 1.07. The predicted octanol–water partition coefficient (Wildman–Crippen LogP) is 12.0. The molecule has 0 bridgehead atoms. The van der Waals surface area contributed by atoms with Crippen LogP contribution in [0.2, 0.25) is 0 Å². The molecule has 3 heterocycles. The van der Waals surface area contributed by atoms with Gasteiger partial charge in [0.25, 0.3) is 0 Å². The van der Waals surface area contributed by atoms with Gasteiger partial charge in [-0.2, -0.15) is 0 Å². The fourth-order valence-corrected chi connectivity index (χ4v) is 8.30. The van der Waals surface area contributed by atoms with Crippen molar-refractivity contribution < 1.29 is 0 Å². The molecule has 0 aliphatic heterocycles. The number of thiophene rings is 1. The number of hydrogen-bond acceptors (Lipinski definition) is 4. The Kier molecular flexibility index (Phi) is 6.64. The third kappa shape index (κ3) is 4.71. The summed E-state index contributed by atoms with van der Waals surface area (Å²) in [5.74, 6) is 1.94. The van der Waals surface area contributed by atoms with Crippen molar-refractivity contribution in [1.82, 2.24) is 19.5 Å². The summed E-state index contributed by atoms with van der Waals surface area (Å²) in [6.07, 6.45) is 0.